The van der Waals surface area contributed by atoms with E-state index in [1.54, 1.807) is 0 Å². The Morgan fingerprint density at radius 2 is 2.09 bits per heavy atom. The quantitative estimate of drug-likeness (QED) is 0.894. The molecule has 0 bridgehead atoms. The van der Waals surface area contributed by atoms with Gasteiger partial charge in [-0.3, -0.25) is 14.4 Å². The summed E-state index contributed by atoms with van der Waals surface area (Å²) in [6.07, 6.45) is 3.69. The Morgan fingerprint density at radius 1 is 1.30 bits per heavy atom. The molecule has 0 saturated carbocycles. The van der Waals surface area contributed by atoms with Crippen molar-refractivity contribution in [2.75, 3.05) is 13.2 Å². The van der Waals surface area contributed by atoms with Gasteiger partial charge in [-0.05, 0) is 12.5 Å². The summed E-state index contributed by atoms with van der Waals surface area (Å²) in [5, 5.41) is 4.41. The van der Waals surface area contributed by atoms with Gasteiger partial charge in [-0.2, -0.15) is 5.10 Å². The summed E-state index contributed by atoms with van der Waals surface area (Å²) >= 11 is 0. The Kier molecular flexibility index (Phi) is 4.73. The van der Waals surface area contributed by atoms with E-state index in [4.69, 9.17) is 10.5 Å². The molecule has 0 spiro atoms. The van der Waals surface area contributed by atoms with Crippen LogP contribution in [0.25, 0.3) is 0 Å². The van der Waals surface area contributed by atoms with Crippen molar-refractivity contribution in [1.82, 2.24) is 14.7 Å². The van der Waals surface area contributed by atoms with Crippen LogP contribution in [-0.4, -0.2) is 45.9 Å². The fourth-order valence-corrected chi connectivity index (χ4v) is 3.05. The Bertz CT molecular complexity index is 656. The van der Waals surface area contributed by atoms with Crippen molar-refractivity contribution in [3.63, 3.8) is 0 Å². The predicted octanol–water partition coefficient (Wildman–Crippen LogP) is 1.01. The summed E-state index contributed by atoms with van der Waals surface area (Å²) in [6.45, 7) is 4.58. The molecule has 6 heteroatoms. The van der Waals surface area contributed by atoms with Crippen molar-refractivity contribution < 1.29 is 9.53 Å². The largest absolute Gasteiger partial charge is 0.375 e. The van der Waals surface area contributed by atoms with Crippen LogP contribution in [0.1, 0.15) is 18.1 Å². The predicted molar refractivity (Wildman–Crippen MR) is 86.6 cm³/mol. The summed E-state index contributed by atoms with van der Waals surface area (Å²) in [6, 6.07) is 9.81. The van der Waals surface area contributed by atoms with Gasteiger partial charge in [0.15, 0.2) is 0 Å². The van der Waals surface area contributed by atoms with Gasteiger partial charge in [0.1, 0.15) is 6.04 Å². The number of hydrogen-bond acceptors (Lipinski definition) is 4. The third-order valence-corrected chi connectivity index (χ3v) is 4.15. The van der Waals surface area contributed by atoms with Gasteiger partial charge in [-0.15, -0.1) is 0 Å². The molecule has 1 fully saturated rings. The van der Waals surface area contributed by atoms with Gasteiger partial charge in [-0.25, -0.2) is 0 Å². The molecule has 2 aromatic rings. The second kappa shape index (κ2) is 6.93. The highest BCUT2D eigenvalue weighted by Crippen LogP contribution is 2.17. The molecule has 0 aliphatic carbocycles. The summed E-state index contributed by atoms with van der Waals surface area (Å²) in [5.41, 5.74) is 7.80. The smallest absolute Gasteiger partial charge is 0.237 e. The van der Waals surface area contributed by atoms with Crippen molar-refractivity contribution >= 4 is 5.91 Å². The first-order valence-electron chi connectivity index (χ1n) is 7.83. The molecule has 2 N–H and O–H groups in total. The maximum atomic E-state index is 11.7. The molecule has 2 heterocycles. The van der Waals surface area contributed by atoms with E-state index >= 15 is 0 Å². The number of nitrogens with zero attached hydrogens (tertiary/aromatic N) is 3. The van der Waals surface area contributed by atoms with Crippen LogP contribution in [0.4, 0.5) is 0 Å². The molecule has 23 heavy (non-hydrogen) atoms. The average Bonchev–Trinajstić information content (AvgIpc) is 2.95. The number of morpholine rings is 1. The number of aromatic nitrogens is 2. The van der Waals surface area contributed by atoms with E-state index in [1.807, 2.05) is 42.2 Å². The fraction of sp³-hybridized carbons (Fsp3) is 0.412. The van der Waals surface area contributed by atoms with Gasteiger partial charge in [0.2, 0.25) is 5.91 Å². The molecular weight excluding hydrogens is 292 g/mol. The minimum atomic E-state index is -0.388. The fourth-order valence-electron chi connectivity index (χ4n) is 3.05. The molecular formula is C17H22N4O2. The monoisotopic (exact) mass is 314 g/mol. The molecule has 1 saturated heterocycles. The summed E-state index contributed by atoms with van der Waals surface area (Å²) in [4.78, 5) is 13.8. The molecule has 0 unspecified atom stereocenters. The highest BCUT2D eigenvalue weighted by molar-refractivity contribution is 5.80. The standard InChI is InChI=1S/C17H22N4O2/c1-13-16(17(18)22)20(7-8-23-13)10-15-9-19-21(12-15)11-14-5-3-2-4-6-14/h2-6,9,12-13,16H,7-8,10-11H2,1H3,(H2,18,22)/t13-,16+/m1/s1. The maximum Gasteiger partial charge on any atom is 0.237 e. The Labute approximate surface area is 135 Å². The minimum absolute atomic E-state index is 0.180. The molecule has 0 radical (unpaired) electrons. The minimum Gasteiger partial charge on any atom is -0.375 e. The third kappa shape index (κ3) is 3.78. The van der Waals surface area contributed by atoms with E-state index in [0.717, 1.165) is 12.1 Å². The number of rotatable bonds is 5. The number of ether oxygens (including phenoxy) is 1. The molecule has 1 aliphatic heterocycles. The van der Waals surface area contributed by atoms with Crippen LogP contribution >= 0.6 is 0 Å². The number of carbonyl (C=O) groups is 1. The number of primary amides is 1. The van der Waals surface area contributed by atoms with Gasteiger partial charge in [0.05, 0.1) is 25.5 Å². The summed E-state index contributed by atoms with van der Waals surface area (Å²) < 4.78 is 7.45. The number of nitrogens with two attached hydrogens (primary N) is 1. The second-order valence-electron chi connectivity index (χ2n) is 5.93. The van der Waals surface area contributed by atoms with Crippen LogP contribution in [0.2, 0.25) is 0 Å². The lowest BCUT2D eigenvalue weighted by Gasteiger charge is -2.37. The Hall–Kier alpha value is -2.18. The number of benzene rings is 1. The molecule has 1 aromatic heterocycles. The lowest BCUT2D eigenvalue weighted by atomic mass is 10.1. The van der Waals surface area contributed by atoms with Crippen LogP contribution in [0.3, 0.4) is 0 Å². The Balaban J connectivity index is 1.67. The molecule has 3 rings (SSSR count). The highest BCUT2D eigenvalue weighted by Gasteiger charge is 2.33. The van der Waals surface area contributed by atoms with E-state index in [0.29, 0.717) is 19.7 Å². The van der Waals surface area contributed by atoms with Crippen LogP contribution < -0.4 is 5.73 Å². The zero-order valence-corrected chi connectivity index (χ0v) is 13.3. The lowest BCUT2D eigenvalue weighted by molar-refractivity contribution is -0.136. The average molecular weight is 314 g/mol. The van der Waals surface area contributed by atoms with Gasteiger partial charge >= 0.3 is 0 Å². The van der Waals surface area contributed by atoms with Crippen LogP contribution in [-0.2, 0) is 22.6 Å². The van der Waals surface area contributed by atoms with E-state index < -0.39 is 0 Å². The van der Waals surface area contributed by atoms with Crippen molar-refractivity contribution in [1.29, 1.82) is 0 Å². The van der Waals surface area contributed by atoms with Crippen LogP contribution in [0.5, 0.6) is 0 Å². The van der Waals surface area contributed by atoms with Gasteiger partial charge in [-0.1, -0.05) is 30.3 Å². The van der Waals surface area contributed by atoms with Crippen molar-refractivity contribution in [3.05, 3.63) is 53.9 Å². The second-order valence-corrected chi connectivity index (χ2v) is 5.93. The highest BCUT2D eigenvalue weighted by atomic mass is 16.5. The maximum absolute atomic E-state index is 11.7. The summed E-state index contributed by atoms with van der Waals surface area (Å²) in [7, 11) is 0. The van der Waals surface area contributed by atoms with Crippen molar-refractivity contribution in [2.24, 2.45) is 5.73 Å². The van der Waals surface area contributed by atoms with Gasteiger partial charge in [0.25, 0.3) is 0 Å². The Morgan fingerprint density at radius 3 is 2.83 bits per heavy atom. The molecule has 2 atom stereocenters. The van der Waals surface area contributed by atoms with Gasteiger partial charge < -0.3 is 10.5 Å². The molecule has 1 aliphatic rings. The molecule has 1 aromatic carbocycles. The SMILES string of the molecule is C[C@H]1OCCN(Cc2cnn(Cc3ccccc3)c2)[C@@H]1C(N)=O. The lowest BCUT2D eigenvalue weighted by Crippen LogP contribution is -2.56. The number of carbonyl (C=O) groups excluding carboxylic acids is 1. The van der Waals surface area contributed by atoms with E-state index in [1.165, 1.54) is 5.56 Å². The van der Waals surface area contributed by atoms with Crippen molar-refractivity contribution in [3.8, 4) is 0 Å². The number of hydrogen-bond donors (Lipinski definition) is 1. The van der Waals surface area contributed by atoms with Crippen LogP contribution in [0, 0.1) is 0 Å². The first kappa shape index (κ1) is 15.7. The zero-order chi connectivity index (χ0) is 16.2. The van der Waals surface area contributed by atoms with E-state index in [2.05, 4.69) is 22.1 Å². The van der Waals surface area contributed by atoms with E-state index in [9.17, 15) is 4.79 Å². The molecule has 6 nitrogen and oxygen atoms in total. The first-order valence-corrected chi connectivity index (χ1v) is 7.83. The van der Waals surface area contributed by atoms with E-state index in [-0.39, 0.29) is 18.1 Å². The third-order valence-electron chi connectivity index (χ3n) is 4.15. The van der Waals surface area contributed by atoms with Gasteiger partial charge in [0, 0.05) is 24.8 Å². The topological polar surface area (TPSA) is 73.4 Å². The summed E-state index contributed by atoms with van der Waals surface area (Å²) in [5.74, 6) is -0.339. The van der Waals surface area contributed by atoms with Crippen molar-refractivity contribution in [2.45, 2.75) is 32.2 Å². The zero-order valence-electron chi connectivity index (χ0n) is 13.3. The van der Waals surface area contributed by atoms with Crippen LogP contribution in [0.15, 0.2) is 42.7 Å². The normalized spacial score (nSPS) is 22.1. The molecule has 122 valence electrons. The molecule has 1 amide bonds. The first-order chi connectivity index (χ1) is 11.1. The number of amides is 1.